The summed E-state index contributed by atoms with van der Waals surface area (Å²) in [5.41, 5.74) is -1.16. The van der Waals surface area contributed by atoms with Crippen molar-refractivity contribution in [3.8, 4) is 0 Å². The van der Waals surface area contributed by atoms with Crippen molar-refractivity contribution in [2.24, 2.45) is 0 Å². The molecule has 1 spiro atoms. The van der Waals surface area contributed by atoms with E-state index in [4.69, 9.17) is 9.47 Å². The number of methoxy groups -OCH3 is 1. The van der Waals surface area contributed by atoms with Crippen LogP contribution < -0.4 is 5.32 Å². The van der Waals surface area contributed by atoms with Crippen LogP contribution in [0.15, 0.2) is 0 Å². The Labute approximate surface area is 98.3 Å². The number of aliphatic hydroxyl groups is 3. The molecule has 98 valence electrons. The van der Waals surface area contributed by atoms with Crippen molar-refractivity contribution >= 4 is 5.91 Å². The zero-order chi connectivity index (χ0) is 12.8. The highest BCUT2D eigenvalue weighted by molar-refractivity contribution is 5.73. The van der Waals surface area contributed by atoms with Gasteiger partial charge in [0.05, 0.1) is 6.10 Å². The third-order valence-electron chi connectivity index (χ3n) is 3.34. The third-order valence-corrected chi connectivity index (χ3v) is 3.34. The molecule has 1 saturated heterocycles. The van der Waals surface area contributed by atoms with Gasteiger partial charge in [-0.25, -0.2) is 0 Å². The SMILES string of the molecule is CO[C@H]1OC2(C[C@H]2O)[C@H](O)[C@H](O)[C@H]1NC(C)=O. The molecule has 2 fully saturated rings. The fourth-order valence-corrected chi connectivity index (χ4v) is 2.28. The van der Waals surface area contributed by atoms with Gasteiger partial charge in [0, 0.05) is 20.5 Å². The molecule has 0 radical (unpaired) electrons. The monoisotopic (exact) mass is 247 g/mol. The van der Waals surface area contributed by atoms with E-state index >= 15 is 0 Å². The molecule has 2 rings (SSSR count). The van der Waals surface area contributed by atoms with Crippen LogP contribution in [0.5, 0.6) is 0 Å². The van der Waals surface area contributed by atoms with Crippen molar-refractivity contribution in [2.45, 2.75) is 49.6 Å². The second kappa shape index (κ2) is 4.18. The first kappa shape index (κ1) is 12.7. The van der Waals surface area contributed by atoms with Gasteiger partial charge in [-0.15, -0.1) is 0 Å². The van der Waals surface area contributed by atoms with Gasteiger partial charge in [0.15, 0.2) is 6.29 Å². The van der Waals surface area contributed by atoms with E-state index in [1.165, 1.54) is 14.0 Å². The van der Waals surface area contributed by atoms with Crippen molar-refractivity contribution in [1.82, 2.24) is 5.32 Å². The number of ether oxygens (including phenoxy) is 2. The maximum absolute atomic E-state index is 11.0. The van der Waals surface area contributed by atoms with E-state index in [0.717, 1.165) is 0 Å². The van der Waals surface area contributed by atoms with Crippen molar-refractivity contribution in [3.63, 3.8) is 0 Å². The minimum atomic E-state index is -1.25. The van der Waals surface area contributed by atoms with Gasteiger partial charge >= 0.3 is 0 Å². The summed E-state index contributed by atoms with van der Waals surface area (Å²) in [7, 11) is 1.37. The highest BCUT2D eigenvalue weighted by Gasteiger charge is 2.67. The van der Waals surface area contributed by atoms with Gasteiger partial charge in [-0.1, -0.05) is 0 Å². The zero-order valence-electron chi connectivity index (χ0n) is 9.66. The molecular formula is C10H17NO6. The van der Waals surface area contributed by atoms with Crippen LogP contribution in [0, 0.1) is 0 Å². The summed E-state index contributed by atoms with van der Waals surface area (Å²) < 4.78 is 10.5. The van der Waals surface area contributed by atoms with Gasteiger partial charge in [-0.2, -0.15) is 0 Å². The quantitative estimate of drug-likeness (QED) is 0.438. The van der Waals surface area contributed by atoms with E-state index in [-0.39, 0.29) is 12.3 Å². The van der Waals surface area contributed by atoms with Crippen LogP contribution in [0.2, 0.25) is 0 Å². The lowest BCUT2D eigenvalue weighted by Crippen LogP contribution is -2.65. The molecule has 0 aromatic heterocycles. The molecule has 0 aromatic carbocycles. The number of carbonyl (C=O) groups is 1. The fraction of sp³-hybridized carbons (Fsp3) is 0.900. The number of amides is 1. The lowest BCUT2D eigenvalue weighted by Gasteiger charge is -2.42. The third kappa shape index (κ3) is 1.94. The Kier molecular flexibility index (Phi) is 3.13. The Morgan fingerprint density at radius 2 is 2.06 bits per heavy atom. The largest absolute Gasteiger partial charge is 0.390 e. The van der Waals surface area contributed by atoms with E-state index in [9.17, 15) is 20.1 Å². The lowest BCUT2D eigenvalue weighted by molar-refractivity contribution is -0.274. The first-order valence-corrected chi connectivity index (χ1v) is 5.44. The van der Waals surface area contributed by atoms with E-state index in [1.54, 1.807) is 0 Å². The predicted molar refractivity (Wildman–Crippen MR) is 54.9 cm³/mol. The summed E-state index contributed by atoms with van der Waals surface area (Å²) in [6, 6.07) is -0.856. The summed E-state index contributed by atoms with van der Waals surface area (Å²) in [5, 5.41) is 31.8. The summed E-state index contributed by atoms with van der Waals surface area (Å²) in [6.45, 7) is 1.29. The van der Waals surface area contributed by atoms with E-state index < -0.39 is 36.2 Å². The second-order valence-electron chi connectivity index (χ2n) is 4.56. The predicted octanol–water partition coefficient (Wildman–Crippen LogP) is -2.28. The Morgan fingerprint density at radius 3 is 2.47 bits per heavy atom. The molecule has 1 heterocycles. The summed E-state index contributed by atoms with van der Waals surface area (Å²) in [6.07, 6.45) is -3.95. The van der Waals surface area contributed by atoms with Gasteiger partial charge in [0.25, 0.3) is 0 Å². The molecule has 0 aromatic rings. The number of carbonyl (C=O) groups excluding carboxylic acids is 1. The number of rotatable bonds is 2. The normalized spacial score (nSPS) is 49.1. The van der Waals surface area contributed by atoms with Crippen molar-refractivity contribution in [2.75, 3.05) is 7.11 Å². The molecule has 4 N–H and O–H groups in total. The molecule has 7 nitrogen and oxygen atoms in total. The number of aliphatic hydroxyl groups excluding tert-OH is 3. The smallest absolute Gasteiger partial charge is 0.217 e. The summed E-state index contributed by atoms with van der Waals surface area (Å²) in [5.74, 6) is -0.362. The maximum Gasteiger partial charge on any atom is 0.217 e. The molecular weight excluding hydrogens is 230 g/mol. The Hall–Kier alpha value is -0.730. The molecule has 7 heteroatoms. The van der Waals surface area contributed by atoms with Crippen molar-refractivity contribution in [3.05, 3.63) is 0 Å². The van der Waals surface area contributed by atoms with Gasteiger partial charge in [-0.3, -0.25) is 4.79 Å². The minimum Gasteiger partial charge on any atom is -0.390 e. The molecule has 2 aliphatic rings. The number of hydrogen-bond acceptors (Lipinski definition) is 6. The van der Waals surface area contributed by atoms with Crippen LogP contribution in [0.25, 0.3) is 0 Å². The highest BCUT2D eigenvalue weighted by atomic mass is 16.7. The van der Waals surface area contributed by atoms with Crippen LogP contribution in [-0.4, -0.2) is 64.6 Å². The van der Waals surface area contributed by atoms with E-state index in [2.05, 4.69) is 5.32 Å². The summed E-state index contributed by atoms with van der Waals surface area (Å²) >= 11 is 0. The van der Waals surface area contributed by atoms with Crippen LogP contribution in [0.1, 0.15) is 13.3 Å². The highest BCUT2D eigenvalue weighted by Crippen LogP contribution is 2.48. The van der Waals surface area contributed by atoms with Crippen molar-refractivity contribution < 1.29 is 29.6 Å². The molecule has 17 heavy (non-hydrogen) atoms. The molecule has 1 aliphatic carbocycles. The zero-order valence-corrected chi connectivity index (χ0v) is 9.66. The second-order valence-corrected chi connectivity index (χ2v) is 4.56. The average molecular weight is 247 g/mol. The molecule has 6 atom stereocenters. The molecule has 0 bridgehead atoms. The van der Waals surface area contributed by atoms with Gasteiger partial charge in [0.1, 0.15) is 23.9 Å². The van der Waals surface area contributed by atoms with Crippen molar-refractivity contribution in [1.29, 1.82) is 0 Å². The fourth-order valence-electron chi connectivity index (χ4n) is 2.28. The number of hydrogen-bond donors (Lipinski definition) is 4. The number of nitrogens with one attached hydrogen (secondary N) is 1. The Bertz CT molecular complexity index is 322. The standard InChI is InChI=1S/C10H17NO6/c1-4(12)11-6-7(14)8(15)10(3-5(10)13)17-9(6)16-2/h5-9,13-15H,3H2,1-2H3,(H,11,12)/t5-,6-,7-,8-,9+,10?/m1/s1. The van der Waals surface area contributed by atoms with E-state index in [1.807, 2.05) is 0 Å². The molecule has 1 aliphatic heterocycles. The molecule has 1 amide bonds. The van der Waals surface area contributed by atoms with Gasteiger partial charge in [-0.05, 0) is 0 Å². The minimum absolute atomic E-state index is 0.248. The molecule has 1 saturated carbocycles. The molecule has 1 unspecified atom stereocenters. The lowest BCUT2D eigenvalue weighted by atomic mass is 9.94. The van der Waals surface area contributed by atoms with Crippen LogP contribution >= 0.6 is 0 Å². The average Bonchev–Trinajstić information content (AvgIpc) is 2.91. The van der Waals surface area contributed by atoms with Crippen LogP contribution in [-0.2, 0) is 14.3 Å². The Balaban J connectivity index is 2.16. The van der Waals surface area contributed by atoms with Crippen LogP contribution in [0.4, 0.5) is 0 Å². The first-order chi connectivity index (χ1) is 7.92. The first-order valence-electron chi connectivity index (χ1n) is 5.44. The van der Waals surface area contributed by atoms with E-state index in [0.29, 0.717) is 0 Å². The van der Waals surface area contributed by atoms with Crippen LogP contribution in [0.3, 0.4) is 0 Å². The topological polar surface area (TPSA) is 108 Å². The van der Waals surface area contributed by atoms with Gasteiger partial charge < -0.3 is 30.1 Å². The van der Waals surface area contributed by atoms with Gasteiger partial charge in [0.2, 0.25) is 5.91 Å². The Morgan fingerprint density at radius 1 is 1.47 bits per heavy atom. The maximum atomic E-state index is 11.0. The summed E-state index contributed by atoms with van der Waals surface area (Å²) in [4.78, 5) is 11.0.